The molecule has 1 aliphatic rings. The number of rotatable bonds is 6. The summed E-state index contributed by atoms with van der Waals surface area (Å²) in [5.41, 5.74) is 2.01. The van der Waals surface area contributed by atoms with Crippen molar-refractivity contribution in [3.8, 4) is 0 Å². The molecular formula is C20H23N5O4S. The predicted octanol–water partition coefficient (Wildman–Crippen LogP) is 2.90. The van der Waals surface area contributed by atoms with Gasteiger partial charge in [-0.3, -0.25) is 10.1 Å². The molecule has 0 atom stereocenters. The van der Waals surface area contributed by atoms with E-state index in [-0.39, 0.29) is 10.6 Å². The summed E-state index contributed by atoms with van der Waals surface area (Å²) in [5, 5.41) is 11.3. The molecular weight excluding hydrogens is 406 g/mol. The van der Waals surface area contributed by atoms with E-state index < -0.39 is 14.9 Å². The van der Waals surface area contributed by atoms with Gasteiger partial charge in [0.25, 0.3) is 5.69 Å². The number of nitrogens with zero attached hydrogens (tertiary/aromatic N) is 5. The number of benzene rings is 2. The topological polar surface area (TPSA) is 102 Å². The standard InChI is InChI=1S/C20H23N5O4S/c1-22(14-20-21-16-7-3-4-8-17(16)23(20)2)18-10-9-15(25(26)27)13-19(18)30(28,29)24-11-5-6-12-24/h3-4,7-10,13H,5-6,11-12,14H2,1-2H3. The Morgan fingerprint density at radius 3 is 2.53 bits per heavy atom. The van der Waals surface area contributed by atoms with E-state index in [1.807, 2.05) is 35.9 Å². The Labute approximate surface area is 174 Å². The van der Waals surface area contributed by atoms with E-state index >= 15 is 0 Å². The quantitative estimate of drug-likeness (QED) is 0.441. The van der Waals surface area contributed by atoms with Crippen LogP contribution in [0, 0.1) is 10.1 Å². The average molecular weight is 430 g/mol. The van der Waals surface area contributed by atoms with Gasteiger partial charge in [-0.15, -0.1) is 0 Å². The van der Waals surface area contributed by atoms with Gasteiger partial charge in [-0.2, -0.15) is 4.31 Å². The molecule has 158 valence electrons. The Bertz CT molecular complexity index is 1220. The minimum Gasteiger partial charge on any atom is -0.366 e. The lowest BCUT2D eigenvalue weighted by Gasteiger charge is -2.24. The van der Waals surface area contributed by atoms with Crippen molar-refractivity contribution in [1.29, 1.82) is 0 Å². The van der Waals surface area contributed by atoms with Gasteiger partial charge in [-0.05, 0) is 31.0 Å². The van der Waals surface area contributed by atoms with Gasteiger partial charge >= 0.3 is 0 Å². The van der Waals surface area contributed by atoms with Crippen molar-refractivity contribution >= 4 is 32.4 Å². The SMILES string of the molecule is CN(Cc1nc2ccccc2n1C)c1ccc([N+](=O)[O-])cc1S(=O)(=O)N1CCCC1. The van der Waals surface area contributed by atoms with Gasteiger partial charge in [0.1, 0.15) is 10.7 Å². The molecule has 0 amide bonds. The largest absolute Gasteiger partial charge is 0.366 e. The number of aromatic nitrogens is 2. The van der Waals surface area contributed by atoms with E-state index in [9.17, 15) is 18.5 Å². The van der Waals surface area contributed by atoms with Crippen molar-refractivity contribution in [3.63, 3.8) is 0 Å². The van der Waals surface area contributed by atoms with E-state index in [0.29, 0.717) is 25.3 Å². The second-order valence-electron chi connectivity index (χ2n) is 7.45. The fourth-order valence-corrected chi connectivity index (χ4v) is 5.61. The van der Waals surface area contributed by atoms with Gasteiger partial charge in [-0.25, -0.2) is 13.4 Å². The second kappa shape index (κ2) is 7.69. The number of nitro benzene ring substituents is 1. The van der Waals surface area contributed by atoms with Crippen LogP contribution in [0.4, 0.5) is 11.4 Å². The second-order valence-corrected chi connectivity index (χ2v) is 9.36. The fraction of sp³-hybridized carbons (Fsp3) is 0.350. The minimum atomic E-state index is -3.84. The Balaban J connectivity index is 1.75. The third kappa shape index (κ3) is 3.52. The monoisotopic (exact) mass is 429 g/mol. The molecule has 0 radical (unpaired) electrons. The van der Waals surface area contributed by atoms with Crippen LogP contribution in [0.1, 0.15) is 18.7 Å². The van der Waals surface area contributed by atoms with Crippen LogP contribution in [0.3, 0.4) is 0 Å². The number of aryl methyl sites for hydroxylation is 1. The van der Waals surface area contributed by atoms with Crippen molar-refractivity contribution in [1.82, 2.24) is 13.9 Å². The van der Waals surface area contributed by atoms with Gasteiger partial charge in [0.15, 0.2) is 0 Å². The third-order valence-corrected chi connectivity index (χ3v) is 7.43. The number of hydrogen-bond donors (Lipinski definition) is 0. The van der Waals surface area contributed by atoms with Crippen LogP contribution in [-0.2, 0) is 23.6 Å². The highest BCUT2D eigenvalue weighted by molar-refractivity contribution is 7.89. The lowest BCUT2D eigenvalue weighted by atomic mass is 10.2. The molecule has 1 fully saturated rings. The molecule has 9 nitrogen and oxygen atoms in total. The first kappa shape index (κ1) is 20.3. The van der Waals surface area contributed by atoms with Crippen LogP contribution >= 0.6 is 0 Å². The lowest BCUT2D eigenvalue weighted by molar-refractivity contribution is -0.385. The molecule has 2 heterocycles. The number of sulfonamides is 1. The van der Waals surface area contributed by atoms with Crippen molar-refractivity contribution in [3.05, 3.63) is 58.4 Å². The number of imidazole rings is 1. The highest BCUT2D eigenvalue weighted by Crippen LogP contribution is 2.33. The van der Waals surface area contributed by atoms with Crippen molar-refractivity contribution in [2.45, 2.75) is 24.3 Å². The number of para-hydroxylation sites is 2. The fourth-order valence-electron chi connectivity index (χ4n) is 3.84. The summed E-state index contributed by atoms with van der Waals surface area (Å²) in [7, 11) is -0.157. The molecule has 1 aromatic heterocycles. The number of nitro groups is 1. The molecule has 3 aromatic rings. The molecule has 0 N–H and O–H groups in total. The van der Waals surface area contributed by atoms with E-state index in [1.165, 1.54) is 16.4 Å². The first-order valence-electron chi connectivity index (χ1n) is 9.69. The zero-order valence-corrected chi connectivity index (χ0v) is 17.7. The molecule has 30 heavy (non-hydrogen) atoms. The van der Waals surface area contributed by atoms with Gasteiger partial charge in [-0.1, -0.05) is 12.1 Å². The first-order valence-corrected chi connectivity index (χ1v) is 11.1. The highest BCUT2D eigenvalue weighted by Gasteiger charge is 2.32. The maximum atomic E-state index is 13.3. The molecule has 0 unspecified atom stereocenters. The van der Waals surface area contributed by atoms with Crippen LogP contribution in [0.25, 0.3) is 11.0 Å². The predicted molar refractivity (Wildman–Crippen MR) is 114 cm³/mol. The molecule has 0 saturated carbocycles. The van der Waals surface area contributed by atoms with Crippen LogP contribution in [-0.4, -0.2) is 47.3 Å². The maximum Gasteiger partial charge on any atom is 0.270 e. The summed E-state index contributed by atoms with van der Waals surface area (Å²) < 4.78 is 29.9. The van der Waals surface area contributed by atoms with Gasteiger partial charge in [0, 0.05) is 39.3 Å². The Kier molecular flexibility index (Phi) is 5.20. The first-order chi connectivity index (χ1) is 14.3. The van der Waals surface area contributed by atoms with Crippen LogP contribution in [0.2, 0.25) is 0 Å². The third-order valence-electron chi connectivity index (χ3n) is 5.51. The Hall–Kier alpha value is -2.98. The Morgan fingerprint density at radius 1 is 1.17 bits per heavy atom. The van der Waals surface area contributed by atoms with Crippen LogP contribution < -0.4 is 4.90 Å². The number of non-ortho nitro benzene ring substituents is 1. The summed E-state index contributed by atoms with van der Waals surface area (Å²) in [6, 6.07) is 11.8. The smallest absolute Gasteiger partial charge is 0.270 e. The summed E-state index contributed by atoms with van der Waals surface area (Å²) in [6.07, 6.45) is 1.58. The molecule has 4 rings (SSSR count). The number of hydrogen-bond acceptors (Lipinski definition) is 6. The molecule has 0 bridgehead atoms. The Morgan fingerprint density at radius 2 is 1.87 bits per heavy atom. The maximum absolute atomic E-state index is 13.3. The van der Waals surface area contributed by atoms with Crippen molar-refractivity contribution in [2.75, 3.05) is 25.0 Å². The molecule has 0 spiro atoms. The normalized spacial score (nSPS) is 15.0. The van der Waals surface area contributed by atoms with Crippen molar-refractivity contribution < 1.29 is 13.3 Å². The summed E-state index contributed by atoms with van der Waals surface area (Å²) in [6.45, 7) is 1.21. The molecule has 0 aliphatic carbocycles. The average Bonchev–Trinajstić information content (AvgIpc) is 3.37. The van der Waals surface area contributed by atoms with Gasteiger partial charge < -0.3 is 9.47 Å². The highest BCUT2D eigenvalue weighted by atomic mass is 32.2. The number of fused-ring (bicyclic) bond motifs is 1. The minimum absolute atomic E-state index is 0.0418. The lowest BCUT2D eigenvalue weighted by Crippen LogP contribution is -2.30. The summed E-state index contributed by atoms with van der Waals surface area (Å²) >= 11 is 0. The summed E-state index contributed by atoms with van der Waals surface area (Å²) in [5.74, 6) is 0.765. The zero-order chi connectivity index (χ0) is 21.5. The molecule has 10 heteroatoms. The van der Waals surface area contributed by atoms with Crippen molar-refractivity contribution in [2.24, 2.45) is 7.05 Å². The molecule has 1 aliphatic heterocycles. The van der Waals surface area contributed by atoms with E-state index in [4.69, 9.17) is 0 Å². The van der Waals surface area contributed by atoms with E-state index in [2.05, 4.69) is 4.98 Å². The van der Waals surface area contributed by atoms with Gasteiger partial charge in [0.05, 0.1) is 28.2 Å². The summed E-state index contributed by atoms with van der Waals surface area (Å²) in [4.78, 5) is 17.1. The van der Waals surface area contributed by atoms with E-state index in [1.54, 1.807) is 11.9 Å². The van der Waals surface area contributed by atoms with Crippen LogP contribution in [0.5, 0.6) is 0 Å². The zero-order valence-electron chi connectivity index (χ0n) is 16.9. The number of anilines is 1. The molecule has 2 aromatic carbocycles. The van der Waals surface area contributed by atoms with E-state index in [0.717, 1.165) is 35.8 Å². The molecule has 1 saturated heterocycles. The van der Waals surface area contributed by atoms with Gasteiger partial charge in [0.2, 0.25) is 10.0 Å². The van der Waals surface area contributed by atoms with Crippen LogP contribution in [0.15, 0.2) is 47.4 Å².